The number of allylic oxidation sites excluding steroid dienone is 2. The third-order valence-electron chi connectivity index (χ3n) is 4.53. The van der Waals surface area contributed by atoms with Gasteiger partial charge in [0, 0.05) is 0 Å². The molecule has 0 unspecified atom stereocenters. The second kappa shape index (κ2) is 13.9. The van der Waals surface area contributed by atoms with Gasteiger partial charge in [-0.25, -0.2) is 0 Å². The summed E-state index contributed by atoms with van der Waals surface area (Å²) in [5.74, 6) is 0. The maximum absolute atomic E-state index is 4.49. The molecule has 0 nitrogen and oxygen atoms in total. The summed E-state index contributed by atoms with van der Waals surface area (Å²) in [7, 11) is 3.52. The Hall–Kier alpha value is -1.22. The summed E-state index contributed by atoms with van der Waals surface area (Å²) in [6.07, 6.45) is 4.68. The van der Waals surface area contributed by atoms with Gasteiger partial charge in [0.15, 0.2) is 0 Å². The van der Waals surface area contributed by atoms with E-state index in [9.17, 15) is 0 Å². The first kappa shape index (κ1) is 24.8. The van der Waals surface area contributed by atoms with Gasteiger partial charge in [0.2, 0.25) is 0 Å². The zero-order chi connectivity index (χ0) is 20.9. The quantitative estimate of drug-likeness (QED) is 0.228. The fraction of sp³-hybridized carbons (Fsp3) is 0.200. The molecule has 0 aliphatic carbocycles. The van der Waals surface area contributed by atoms with Gasteiger partial charge in [0.1, 0.15) is 15.9 Å². The first-order valence-corrected chi connectivity index (χ1v) is 12.7. The Morgan fingerprint density at radius 1 is 0.679 bits per heavy atom. The van der Waals surface area contributed by atoms with Gasteiger partial charge in [0.25, 0.3) is 0 Å². The number of benzene rings is 3. The van der Waals surface area contributed by atoms with Crippen molar-refractivity contribution >= 4 is 33.4 Å². The van der Waals surface area contributed by atoms with Crippen LogP contribution in [-0.4, -0.2) is 0 Å². The summed E-state index contributed by atoms with van der Waals surface area (Å²) in [5, 5.41) is 4.49. The molecule has 0 saturated heterocycles. The van der Waals surface area contributed by atoms with Crippen LogP contribution in [0, 0.1) is 26.8 Å². The molecular weight excluding hydrogens is 473 g/mol. The van der Waals surface area contributed by atoms with Crippen LogP contribution in [0.4, 0.5) is 0 Å². The van der Waals surface area contributed by atoms with Crippen molar-refractivity contribution in [3.63, 3.8) is 0 Å². The molecular formula is C25H29ClPPd+. The summed E-state index contributed by atoms with van der Waals surface area (Å²) < 4.78 is 0. The van der Waals surface area contributed by atoms with E-state index in [2.05, 4.69) is 127 Å². The summed E-state index contributed by atoms with van der Waals surface area (Å²) in [4.78, 5) is 0. The van der Waals surface area contributed by atoms with Crippen molar-refractivity contribution in [1.29, 1.82) is 0 Å². The van der Waals surface area contributed by atoms with Crippen LogP contribution < -0.4 is 15.9 Å². The molecule has 3 aromatic rings. The minimum absolute atomic E-state index is 0.968. The van der Waals surface area contributed by atoms with E-state index in [4.69, 9.17) is 0 Å². The van der Waals surface area contributed by atoms with Gasteiger partial charge in [-0.3, -0.25) is 6.08 Å². The van der Waals surface area contributed by atoms with Crippen molar-refractivity contribution in [3.05, 3.63) is 102 Å². The Morgan fingerprint density at radius 2 is 0.929 bits per heavy atom. The Bertz CT molecular complexity index is 762. The van der Waals surface area contributed by atoms with Crippen molar-refractivity contribution in [2.45, 2.75) is 34.6 Å². The Kier molecular flexibility index (Phi) is 12.3. The molecule has 150 valence electrons. The van der Waals surface area contributed by atoms with E-state index in [1.165, 1.54) is 32.6 Å². The van der Waals surface area contributed by atoms with Crippen molar-refractivity contribution < 1.29 is 18.2 Å². The van der Waals surface area contributed by atoms with Gasteiger partial charge in [-0.15, -0.1) is 0 Å². The van der Waals surface area contributed by atoms with Crippen LogP contribution in [0.1, 0.15) is 30.5 Å². The van der Waals surface area contributed by atoms with E-state index in [1.807, 2.05) is 19.9 Å². The van der Waals surface area contributed by atoms with Crippen molar-refractivity contribution in [2.24, 2.45) is 0 Å². The number of hydrogen-bond acceptors (Lipinski definition) is 0. The van der Waals surface area contributed by atoms with Crippen LogP contribution in [0.5, 0.6) is 0 Å². The van der Waals surface area contributed by atoms with E-state index < -0.39 is 7.92 Å². The average Bonchev–Trinajstić information content (AvgIpc) is 2.74. The zero-order valence-electron chi connectivity index (χ0n) is 17.2. The molecule has 0 aliphatic rings. The van der Waals surface area contributed by atoms with Crippen LogP contribution in [0.25, 0.3) is 0 Å². The maximum atomic E-state index is 4.49. The molecule has 28 heavy (non-hydrogen) atoms. The molecule has 0 amide bonds. The molecule has 0 aromatic heterocycles. The molecule has 0 spiro atoms. The minimum atomic E-state index is -0.968. The second-order valence-electron chi connectivity index (χ2n) is 6.40. The third kappa shape index (κ3) is 6.99. The van der Waals surface area contributed by atoms with Gasteiger partial charge < -0.3 is 6.08 Å². The topological polar surface area (TPSA) is 0 Å². The standard InChI is InChI=1S/C21H21P.C4H7.ClH.Pd/c1-16-10-4-7-13-19(16)22(20-14-8-5-11-17(20)2)21-15-9-6-12-18(21)3;1-3-4-2;;/h4-15H,1-3H3;3H,1-2H3;1H;/q;-1;;+2. The van der Waals surface area contributed by atoms with E-state index in [0.29, 0.717) is 0 Å². The van der Waals surface area contributed by atoms with E-state index in [-0.39, 0.29) is 0 Å². The van der Waals surface area contributed by atoms with Gasteiger partial charge in [-0.2, -0.15) is 6.92 Å². The van der Waals surface area contributed by atoms with Crippen molar-refractivity contribution in [2.75, 3.05) is 0 Å². The first-order valence-electron chi connectivity index (χ1n) is 9.22. The van der Waals surface area contributed by atoms with E-state index in [1.54, 1.807) is 0 Å². The van der Waals surface area contributed by atoms with E-state index >= 15 is 0 Å². The van der Waals surface area contributed by atoms with Crippen LogP contribution >= 0.6 is 17.5 Å². The molecule has 3 aromatic carbocycles. The SMILES string of the molecule is C[C-]=CC.Cc1ccccc1[PH+](c1ccccc1C)c1ccccc1C.[Cl][Pd+]. The predicted octanol–water partition coefficient (Wildman–Crippen LogP) is 6.17. The molecule has 0 saturated carbocycles. The number of halogens is 1. The fourth-order valence-corrected chi connectivity index (χ4v) is 6.09. The van der Waals surface area contributed by atoms with Crippen molar-refractivity contribution in [1.82, 2.24) is 0 Å². The predicted molar refractivity (Wildman–Crippen MR) is 126 cm³/mol. The average molecular weight is 502 g/mol. The van der Waals surface area contributed by atoms with Crippen molar-refractivity contribution in [3.8, 4) is 0 Å². The van der Waals surface area contributed by atoms with E-state index in [0.717, 1.165) is 0 Å². The van der Waals surface area contributed by atoms with Gasteiger partial charge in [-0.05, 0) is 55.7 Å². The molecule has 3 heteroatoms. The fourth-order valence-electron chi connectivity index (χ4n) is 3.00. The third-order valence-corrected chi connectivity index (χ3v) is 7.83. The van der Waals surface area contributed by atoms with Gasteiger partial charge in [0.05, 0.1) is 7.92 Å². The molecule has 0 fully saturated rings. The second-order valence-corrected chi connectivity index (χ2v) is 8.76. The Balaban J connectivity index is 0.000000583. The normalized spacial score (nSPS) is 10.2. The van der Waals surface area contributed by atoms with Crippen LogP contribution in [0.2, 0.25) is 0 Å². The molecule has 0 atom stereocenters. The molecule has 0 bridgehead atoms. The molecule has 3 rings (SSSR count). The molecule has 0 radical (unpaired) electrons. The molecule has 0 N–H and O–H groups in total. The number of hydrogen-bond donors (Lipinski definition) is 0. The van der Waals surface area contributed by atoms with Crippen LogP contribution in [0.15, 0.2) is 78.9 Å². The summed E-state index contributed by atoms with van der Waals surface area (Å²) in [5.41, 5.74) is 4.17. The Morgan fingerprint density at radius 3 is 1.14 bits per heavy atom. The first-order chi connectivity index (χ1) is 13.6. The summed E-state index contributed by atoms with van der Waals surface area (Å²) >= 11 is 2.22. The number of rotatable bonds is 3. The molecule has 0 aliphatic heterocycles. The zero-order valence-corrected chi connectivity index (χ0v) is 20.5. The van der Waals surface area contributed by atoms with Gasteiger partial charge in [-0.1, -0.05) is 61.5 Å². The van der Waals surface area contributed by atoms with Crippen LogP contribution in [-0.2, 0) is 18.2 Å². The summed E-state index contributed by atoms with van der Waals surface area (Å²) in [6, 6.07) is 26.5. The molecule has 0 heterocycles. The number of aryl methyl sites for hydroxylation is 3. The summed E-state index contributed by atoms with van der Waals surface area (Å²) in [6.45, 7) is 10.5. The Labute approximate surface area is 187 Å². The van der Waals surface area contributed by atoms with Crippen LogP contribution in [0.3, 0.4) is 0 Å². The monoisotopic (exact) mass is 501 g/mol. The van der Waals surface area contributed by atoms with Gasteiger partial charge >= 0.3 is 27.7 Å².